The van der Waals surface area contributed by atoms with E-state index in [1.807, 2.05) is 20.8 Å². The molecule has 6 heteroatoms. The van der Waals surface area contributed by atoms with Crippen LogP contribution in [0.25, 0.3) is 0 Å². The molecule has 1 aromatic rings. The van der Waals surface area contributed by atoms with Crippen molar-refractivity contribution in [3.8, 4) is 0 Å². The first-order chi connectivity index (χ1) is 9.35. The Labute approximate surface area is 127 Å². The van der Waals surface area contributed by atoms with E-state index in [1.165, 1.54) is 6.07 Å². The lowest BCUT2D eigenvalue weighted by atomic mass is 10.2. The molecule has 0 heterocycles. The molecule has 0 saturated carbocycles. The summed E-state index contributed by atoms with van der Waals surface area (Å²) < 4.78 is 0.655. The molecule has 0 unspecified atom stereocenters. The fourth-order valence-electron chi connectivity index (χ4n) is 1.79. The summed E-state index contributed by atoms with van der Waals surface area (Å²) in [7, 11) is 0. The van der Waals surface area contributed by atoms with Crippen molar-refractivity contribution in [2.45, 2.75) is 20.8 Å². The van der Waals surface area contributed by atoms with Crippen molar-refractivity contribution >= 4 is 33.6 Å². The van der Waals surface area contributed by atoms with E-state index in [4.69, 9.17) is 5.11 Å². The minimum atomic E-state index is -1.08. The molecule has 0 spiro atoms. The minimum absolute atomic E-state index is 0.0633. The molecule has 0 fully saturated rings. The first-order valence-corrected chi connectivity index (χ1v) is 7.23. The van der Waals surface area contributed by atoms with E-state index >= 15 is 0 Å². The van der Waals surface area contributed by atoms with Crippen LogP contribution in [0.15, 0.2) is 22.7 Å². The molecule has 0 aliphatic rings. The van der Waals surface area contributed by atoms with Crippen molar-refractivity contribution in [3.63, 3.8) is 0 Å². The van der Waals surface area contributed by atoms with Gasteiger partial charge < -0.3 is 15.3 Å². The summed E-state index contributed by atoms with van der Waals surface area (Å²) in [5, 5.41) is 11.8. The van der Waals surface area contributed by atoms with Gasteiger partial charge in [-0.25, -0.2) is 9.59 Å². The molecule has 5 nitrogen and oxygen atoms in total. The van der Waals surface area contributed by atoms with Gasteiger partial charge in [-0.15, -0.1) is 0 Å². The van der Waals surface area contributed by atoms with Crippen LogP contribution in [0.3, 0.4) is 0 Å². The van der Waals surface area contributed by atoms with Crippen LogP contribution in [0.1, 0.15) is 31.1 Å². The van der Waals surface area contributed by atoms with Gasteiger partial charge in [0.05, 0.1) is 11.3 Å². The Morgan fingerprint density at radius 1 is 1.40 bits per heavy atom. The monoisotopic (exact) mass is 342 g/mol. The number of carboxylic acid groups (broad SMARTS) is 1. The molecule has 0 saturated heterocycles. The Hall–Kier alpha value is -1.56. The number of carbonyl (C=O) groups excluding carboxylic acids is 1. The average Bonchev–Trinajstić information content (AvgIpc) is 2.37. The highest BCUT2D eigenvalue weighted by atomic mass is 79.9. The van der Waals surface area contributed by atoms with E-state index in [0.29, 0.717) is 29.2 Å². The third-order valence-corrected chi connectivity index (χ3v) is 3.20. The Morgan fingerprint density at radius 3 is 2.55 bits per heavy atom. The largest absolute Gasteiger partial charge is 0.478 e. The number of hydrogen-bond acceptors (Lipinski definition) is 2. The van der Waals surface area contributed by atoms with E-state index in [9.17, 15) is 9.59 Å². The number of carbonyl (C=O) groups is 2. The number of benzene rings is 1. The molecule has 2 amide bonds. The molecule has 0 atom stereocenters. The van der Waals surface area contributed by atoms with Crippen molar-refractivity contribution in [3.05, 3.63) is 28.2 Å². The maximum atomic E-state index is 12.1. The van der Waals surface area contributed by atoms with Crippen LogP contribution in [0, 0.1) is 5.92 Å². The van der Waals surface area contributed by atoms with Gasteiger partial charge in [0.25, 0.3) is 0 Å². The SMILES string of the molecule is CCN(CC(C)C)C(=O)Nc1ccc(Br)cc1C(=O)O. The highest BCUT2D eigenvalue weighted by Gasteiger charge is 2.17. The smallest absolute Gasteiger partial charge is 0.337 e. The van der Waals surface area contributed by atoms with E-state index < -0.39 is 5.97 Å². The van der Waals surface area contributed by atoms with Gasteiger partial charge in [-0.3, -0.25) is 0 Å². The number of carboxylic acids is 1. The molecular weight excluding hydrogens is 324 g/mol. The first kappa shape index (κ1) is 16.5. The summed E-state index contributed by atoms with van der Waals surface area (Å²) in [6.45, 7) is 7.14. The Bertz CT molecular complexity index is 503. The topological polar surface area (TPSA) is 69.6 Å². The second-order valence-corrected chi connectivity index (χ2v) is 5.77. The molecule has 0 aliphatic heterocycles. The lowest BCUT2D eigenvalue weighted by Gasteiger charge is -2.23. The van der Waals surface area contributed by atoms with Gasteiger partial charge in [-0.1, -0.05) is 29.8 Å². The van der Waals surface area contributed by atoms with Gasteiger partial charge in [-0.2, -0.15) is 0 Å². The van der Waals surface area contributed by atoms with E-state index in [1.54, 1.807) is 17.0 Å². The quantitative estimate of drug-likeness (QED) is 0.857. The van der Waals surface area contributed by atoms with Gasteiger partial charge in [-0.05, 0) is 31.0 Å². The van der Waals surface area contributed by atoms with Crippen LogP contribution < -0.4 is 5.32 Å². The van der Waals surface area contributed by atoms with Crippen LogP contribution in [0.5, 0.6) is 0 Å². The molecule has 0 aliphatic carbocycles. The van der Waals surface area contributed by atoms with Gasteiger partial charge in [0, 0.05) is 17.6 Å². The molecule has 110 valence electrons. The van der Waals surface area contributed by atoms with Crippen molar-refractivity contribution in [1.82, 2.24) is 4.90 Å². The third kappa shape index (κ3) is 4.52. The zero-order valence-electron chi connectivity index (χ0n) is 11.8. The lowest BCUT2D eigenvalue weighted by molar-refractivity contribution is 0.0698. The number of nitrogens with one attached hydrogen (secondary N) is 1. The maximum absolute atomic E-state index is 12.1. The summed E-state index contributed by atoms with van der Waals surface area (Å²) >= 11 is 3.22. The molecule has 20 heavy (non-hydrogen) atoms. The zero-order valence-corrected chi connectivity index (χ0v) is 13.4. The summed E-state index contributed by atoms with van der Waals surface area (Å²) in [5.41, 5.74) is 0.362. The predicted molar refractivity (Wildman–Crippen MR) is 82.2 cm³/mol. The molecule has 2 N–H and O–H groups in total. The van der Waals surface area contributed by atoms with Crippen LogP contribution in [0.4, 0.5) is 10.5 Å². The Morgan fingerprint density at radius 2 is 2.05 bits per heavy atom. The van der Waals surface area contributed by atoms with Crippen molar-refractivity contribution in [2.75, 3.05) is 18.4 Å². The van der Waals surface area contributed by atoms with Crippen LogP contribution >= 0.6 is 15.9 Å². The fraction of sp³-hybridized carbons (Fsp3) is 0.429. The van der Waals surface area contributed by atoms with Crippen LogP contribution in [-0.4, -0.2) is 35.1 Å². The summed E-state index contributed by atoms with van der Waals surface area (Å²) in [6.07, 6.45) is 0. The minimum Gasteiger partial charge on any atom is -0.478 e. The normalized spacial score (nSPS) is 10.4. The summed E-state index contributed by atoms with van der Waals surface area (Å²) in [5.74, 6) is -0.724. The average molecular weight is 343 g/mol. The van der Waals surface area contributed by atoms with Crippen molar-refractivity contribution in [1.29, 1.82) is 0 Å². The van der Waals surface area contributed by atoms with E-state index in [-0.39, 0.29) is 11.6 Å². The molecule has 0 bridgehead atoms. The van der Waals surface area contributed by atoms with Gasteiger partial charge in [0.15, 0.2) is 0 Å². The van der Waals surface area contributed by atoms with Gasteiger partial charge >= 0.3 is 12.0 Å². The van der Waals surface area contributed by atoms with E-state index in [0.717, 1.165) is 0 Å². The van der Waals surface area contributed by atoms with Crippen molar-refractivity contribution < 1.29 is 14.7 Å². The van der Waals surface area contributed by atoms with Crippen molar-refractivity contribution in [2.24, 2.45) is 5.92 Å². The number of halogens is 1. The van der Waals surface area contributed by atoms with Crippen LogP contribution in [-0.2, 0) is 0 Å². The lowest BCUT2D eigenvalue weighted by Crippen LogP contribution is -2.37. The van der Waals surface area contributed by atoms with E-state index in [2.05, 4.69) is 21.2 Å². The highest BCUT2D eigenvalue weighted by Crippen LogP contribution is 2.21. The first-order valence-electron chi connectivity index (χ1n) is 6.43. The second-order valence-electron chi connectivity index (χ2n) is 4.86. The molecule has 0 radical (unpaired) electrons. The molecule has 1 aromatic carbocycles. The standard InChI is InChI=1S/C14H19BrN2O3/c1-4-17(8-9(2)3)14(20)16-12-6-5-10(15)7-11(12)13(18)19/h5-7,9H,4,8H2,1-3H3,(H,16,20)(H,18,19). The molecular formula is C14H19BrN2O3. The second kappa shape index (κ2) is 7.28. The highest BCUT2D eigenvalue weighted by molar-refractivity contribution is 9.10. The molecule has 0 aromatic heterocycles. The Balaban J connectivity index is 2.92. The Kier molecular flexibility index (Phi) is 6.01. The predicted octanol–water partition coefficient (Wildman–Crippen LogP) is 3.66. The summed E-state index contributed by atoms with van der Waals surface area (Å²) in [6, 6.07) is 4.46. The number of aromatic carboxylic acids is 1. The van der Waals surface area contributed by atoms with Gasteiger partial charge in [0.2, 0.25) is 0 Å². The number of hydrogen-bond donors (Lipinski definition) is 2. The molecule has 1 rings (SSSR count). The number of nitrogens with zero attached hydrogens (tertiary/aromatic N) is 1. The number of urea groups is 1. The zero-order chi connectivity index (χ0) is 15.3. The number of anilines is 1. The maximum Gasteiger partial charge on any atom is 0.337 e. The number of rotatable bonds is 5. The fourth-order valence-corrected chi connectivity index (χ4v) is 2.15. The van der Waals surface area contributed by atoms with Gasteiger partial charge in [0.1, 0.15) is 0 Å². The summed E-state index contributed by atoms with van der Waals surface area (Å²) in [4.78, 5) is 25.0. The third-order valence-electron chi connectivity index (χ3n) is 2.71. The number of amides is 2. The van der Waals surface area contributed by atoms with Crippen LogP contribution in [0.2, 0.25) is 0 Å².